The number of hydrogen-bond donors (Lipinski definition) is 3. The van der Waals surface area contributed by atoms with Crippen LogP contribution in [0.4, 0.5) is 0 Å². The smallest absolute Gasteiger partial charge is 0.238 e. The molecule has 0 aliphatic rings. The second-order valence-corrected chi connectivity index (χ2v) is 4.66. The summed E-state index contributed by atoms with van der Waals surface area (Å²) in [6.45, 7) is 6.23. The standard InChI is InChI=1S/C9H17N5OS/c1-4-11-9(3,7(10)15)5-16-8-12-6(2)13-14-8/h11H,4-5H2,1-3H3,(H2,10,15)(H,12,13,14). The highest BCUT2D eigenvalue weighted by Crippen LogP contribution is 2.18. The van der Waals surface area contributed by atoms with Crippen LogP contribution in [-0.4, -0.2) is 38.9 Å². The summed E-state index contributed by atoms with van der Waals surface area (Å²) >= 11 is 1.40. The quantitative estimate of drug-likeness (QED) is 0.614. The van der Waals surface area contributed by atoms with Crippen molar-refractivity contribution in [2.45, 2.75) is 31.5 Å². The van der Waals surface area contributed by atoms with Gasteiger partial charge in [0.25, 0.3) is 0 Å². The van der Waals surface area contributed by atoms with E-state index in [0.717, 1.165) is 5.82 Å². The SMILES string of the molecule is CCNC(C)(CSc1n[nH]c(C)n1)C(N)=O. The minimum absolute atomic E-state index is 0.367. The van der Waals surface area contributed by atoms with Gasteiger partial charge in [-0.3, -0.25) is 9.89 Å². The molecule has 6 nitrogen and oxygen atoms in total. The van der Waals surface area contributed by atoms with Gasteiger partial charge in [0.1, 0.15) is 11.4 Å². The molecule has 1 atom stereocenters. The normalized spacial score (nSPS) is 14.7. The largest absolute Gasteiger partial charge is 0.368 e. The minimum Gasteiger partial charge on any atom is -0.368 e. The summed E-state index contributed by atoms with van der Waals surface area (Å²) in [6.07, 6.45) is 0. The van der Waals surface area contributed by atoms with Crippen molar-refractivity contribution in [1.82, 2.24) is 20.5 Å². The van der Waals surface area contributed by atoms with Crippen LogP contribution in [0, 0.1) is 6.92 Å². The average Bonchev–Trinajstić information content (AvgIpc) is 2.61. The van der Waals surface area contributed by atoms with E-state index in [-0.39, 0.29) is 5.91 Å². The topological polar surface area (TPSA) is 96.7 Å². The molecule has 1 heterocycles. The van der Waals surface area contributed by atoms with Gasteiger partial charge < -0.3 is 11.1 Å². The first-order chi connectivity index (χ1) is 7.48. The van der Waals surface area contributed by atoms with Crippen molar-refractivity contribution in [2.75, 3.05) is 12.3 Å². The lowest BCUT2D eigenvalue weighted by molar-refractivity contribution is -0.122. The Morgan fingerprint density at radius 1 is 1.69 bits per heavy atom. The lowest BCUT2D eigenvalue weighted by atomic mass is 10.1. The van der Waals surface area contributed by atoms with Crippen molar-refractivity contribution in [3.63, 3.8) is 0 Å². The first kappa shape index (κ1) is 13.0. The number of thioether (sulfide) groups is 1. The highest BCUT2D eigenvalue weighted by Gasteiger charge is 2.30. The molecular weight excluding hydrogens is 226 g/mol. The van der Waals surface area contributed by atoms with E-state index in [1.807, 2.05) is 13.8 Å². The highest BCUT2D eigenvalue weighted by atomic mass is 32.2. The molecule has 0 aromatic carbocycles. The van der Waals surface area contributed by atoms with Crippen LogP contribution in [0.5, 0.6) is 0 Å². The van der Waals surface area contributed by atoms with E-state index < -0.39 is 5.54 Å². The van der Waals surface area contributed by atoms with E-state index in [4.69, 9.17) is 5.73 Å². The monoisotopic (exact) mass is 243 g/mol. The molecule has 1 aromatic heterocycles. The summed E-state index contributed by atoms with van der Waals surface area (Å²) in [7, 11) is 0. The number of H-pyrrole nitrogens is 1. The van der Waals surface area contributed by atoms with Gasteiger partial charge in [-0.2, -0.15) is 0 Å². The van der Waals surface area contributed by atoms with Crippen molar-refractivity contribution < 1.29 is 4.79 Å². The van der Waals surface area contributed by atoms with E-state index in [2.05, 4.69) is 20.5 Å². The fourth-order valence-corrected chi connectivity index (χ4v) is 2.17. The third-order valence-electron chi connectivity index (χ3n) is 2.18. The second-order valence-electron chi connectivity index (χ2n) is 3.72. The molecule has 90 valence electrons. The molecule has 16 heavy (non-hydrogen) atoms. The molecule has 1 aromatic rings. The van der Waals surface area contributed by atoms with Gasteiger partial charge in [-0.15, -0.1) is 5.10 Å². The molecular formula is C9H17N5OS. The number of nitrogens with two attached hydrogens (primary N) is 1. The predicted molar refractivity (Wildman–Crippen MR) is 63.1 cm³/mol. The molecule has 1 rings (SSSR count). The number of hydrogen-bond acceptors (Lipinski definition) is 5. The Morgan fingerprint density at radius 2 is 2.38 bits per heavy atom. The number of aromatic amines is 1. The van der Waals surface area contributed by atoms with Gasteiger partial charge in [-0.1, -0.05) is 18.7 Å². The molecule has 1 unspecified atom stereocenters. The maximum Gasteiger partial charge on any atom is 0.238 e. The van der Waals surface area contributed by atoms with Gasteiger partial charge in [-0.05, 0) is 20.4 Å². The zero-order valence-corrected chi connectivity index (χ0v) is 10.5. The molecule has 0 spiro atoms. The van der Waals surface area contributed by atoms with E-state index in [1.165, 1.54) is 11.8 Å². The zero-order valence-electron chi connectivity index (χ0n) is 9.70. The van der Waals surface area contributed by atoms with Crippen LogP contribution in [0.2, 0.25) is 0 Å². The number of aryl methyl sites for hydroxylation is 1. The van der Waals surface area contributed by atoms with Gasteiger partial charge in [0, 0.05) is 5.75 Å². The first-order valence-electron chi connectivity index (χ1n) is 5.04. The number of primary amides is 1. The van der Waals surface area contributed by atoms with Crippen LogP contribution >= 0.6 is 11.8 Å². The Bertz CT molecular complexity index is 367. The maximum absolute atomic E-state index is 11.3. The van der Waals surface area contributed by atoms with Crippen molar-refractivity contribution in [3.8, 4) is 0 Å². The van der Waals surface area contributed by atoms with Crippen molar-refractivity contribution in [3.05, 3.63) is 5.82 Å². The van der Waals surface area contributed by atoms with Crippen LogP contribution in [-0.2, 0) is 4.79 Å². The van der Waals surface area contributed by atoms with Gasteiger partial charge in [0.2, 0.25) is 11.1 Å². The maximum atomic E-state index is 11.3. The van der Waals surface area contributed by atoms with Crippen LogP contribution in [0.15, 0.2) is 5.16 Å². The molecule has 0 radical (unpaired) electrons. The molecule has 1 amide bonds. The summed E-state index contributed by atoms with van der Waals surface area (Å²) in [4.78, 5) is 15.5. The van der Waals surface area contributed by atoms with Gasteiger partial charge in [0.15, 0.2) is 0 Å². The minimum atomic E-state index is -0.728. The van der Waals surface area contributed by atoms with Crippen LogP contribution < -0.4 is 11.1 Å². The molecule has 0 saturated carbocycles. The zero-order chi connectivity index (χ0) is 12.2. The van der Waals surface area contributed by atoms with E-state index >= 15 is 0 Å². The lowest BCUT2D eigenvalue weighted by Crippen LogP contribution is -2.55. The number of nitrogens with one attached hydrogen (secondary N) is 2. The van der Waals surface area contributed by atoms with E-state index in [9.17, 15) is 4.79 Å². The molecule has 0 aliphatic heterocycles. The van der Waals surface area contributed by atoms with Gasteiger partial charge in [0.05, 0.1) is 0 Å². The Hall–Kier alpha value is -1.08. The fourth-order valence-electron chi connectivity index (χ4n) is 1.20. The van der Waals surface area contributed by atoms with Gasteiger partial charge in [-0.25, -0.2) is 4.98 Å². The van der Waals surface area contributed by atoms with Crippen LogP contribution in [0.1, 0.15) is 19.7 Å². The number of rotatable bonds is 6. The van der Waals surface area contributed by atoms with Crippen molar-refractivity contribution in [2.24, 2.45) is 5.73 Å². The number of carbonyl (C=O) groups excluding carboxylic acids is 1. The Labute approximate surface area is 98.8 Å². The Kier molecular flexibility index (Phi) is 4.31. The van der Waals surface area contributed by atoms with E-state index in [1.54, 1.807) is 6.92 Å². The molecule has 0 aliphatic carbocycles. The number of nitrogens with zero attached hydrogens (tertiary/aromatic N) is 2. The van der Waals surface area contributed by atoms with Crippen LogP contribution in [0.25, 0.3) is 0 Å². The Morgan fingerprint density at radius 3 is 2.81 bits per heavy atom. The summed E-state index contributed by atoms with van der Waals surface area (Å²) in [6, 6.07) is 0. The second kappa shape index (κ2) is 5.31. The third-order valence-corrected chi connectivity index (χ3v) is 3.34. The molecule has 7 heteroatoms. The molecule has 0 fully saturated rings. The number of likely N-dealkylation sites (N-methyl/N-ethyl adjacent to an activating group) is 1. The molecule has 0 bridgehead atoms. The fraction of sp³-hybridized carbons (Fsp3) is 0.667. The van der Waals surface area contributed by atoms with E-state index in [0.29, 0.717) is 17.5 Å². The van der Waals surface area contributed by atoms with Crippen molar-refractivity contribution in [1.29, 1.82) is 0 Å². The van der Waals surface area contributed by atoms with Gasteiger partial charge >= 0.3 is 0 Å². The molecule has 4 N–H and O–H groups in total. The summed E-state index contributed by atoms with van der Waals surface area (Å²) in [5.41, 5.74) is 4.63. The summed E-state index contributed by atoms with van der Waals surface area (Å²) < 4.78 is 0. The third kappa shape index (κ3) is 3.21. The predicted octanol–water partition coefficient (Wildman–Crippen LogP) is 0.0587. The average molecular weight is 243 g/mol. The number of carbonyl (C=O) groups is 1. The Balaban J connectivity index is 2.60. The summed E-state index contributed by atoms with van der Waals surface area (Å²) in [5.74, 6) is 0.897. The lowest BCUT2D eigenvalue weighted by Gasteiger charge is -2.25. The van der Waals surface area contributed by atoms with Crippen molar-refractivity contribution >= 4 is 17.7 Å². The van der Waals surface area contributed by atoms with Crippen LogP contribution in [0.3, 0.4) is 0 Å². The number of amides is 1. The first-order valence-corrected chi connectivity index (χ1v) is 6.03. The molecule has 0 saturated heterocycles. The highest BCUT2D eigenvalue weighted by molar-refractivity contribution is 7.99. The summed E-state index contributed by atoms with van der Waals surface area (Å²) in [5, 5.41) is 10.4. The number of aromatic nitrogens is 3.